The molecule has 3 rings (SSSR count). The van der Waals surface area contributed by atoms with E-state index in [0.717, 1.165) is 22.8 Å². The molecule has 3 aromatic rings. The molecule has 1 N–H and O–H groups in total. The second-order valence-corrected chi connectivity index (χ2v) is 5.48. The molecular formula is C20H18O2. The van der Waals surface area contributed by atoms with Crippen LogP contribution in [0.5, 0.6) is 0 Å². The lowest BCUT2D eigenvalue weighted by Gasteiger charge is -2.15. The van der Waals surface area contributed by atoms with Gasteiger partial charge in [0.15, 0.2) is 0 Å². The summed E-state index contributed by atoms with van der Waals surface area (Å²) < 4.78 is 0. The maximum Gasteiger partial charge on any atom is 0.311 e. The van der Waals surface area contributed by atoms with Gasteiger partial charge in [0, 0.05) is 0 Å². The fourth-order valence-corrected chi connectivity index (χ4v) is 2.92. The van der Waals surface area contributed by atoms with Crippen molar-refractivity contribution < 1.29 is 9.90 Å². The third-order valence-electron chi connectivity index (χ3n) is 4.06. The van der Waals surface area contributed by atoms with Crippen LogP contribution in [0, 0.1) is 0 Å². The molecule has 0 aliphatic heterocycles. The summed E-state index contributed by atoms with van der Waals surface area (Å²) in [5.74, 6) is -1.24. The Morgan fingerprint density at radius 3 is 2.32 bits per heavy atom. The lowest BCUT2D eigenvalue weighted by atomic mass is 9.89. The molecule has 0 radical (unpaired) electrons. The maximum atomic E-state index is 11.8. The first-order valence-electron chi connectivity index (χ1n) is 7.50. The van der Waals surface area contributed by atoms with Crippen molar-refractivity contribution in [3.8, 4) is 0 Å². The number of fused-ring (bicyclic) bond motifs is 1. The largest absolute Gasteiger partial charge is 0.481 e. The molecule has 0 spiro atoms. The molecule has 0 aromatic heterocycles. The van der Waals surface area contributed by atoms with Crippen LogP contribution >= 0.6 is 0 Å². The van der Waals surface area contributed by atoms with Crippen LogP contribution < -0.4 is 0 Å². The minimum absolute atomic E-state index is 0.480. The minimum atomic E-state index is -0.757. The van der Waals surface area contributed by atoms with Crippen molar-refractivity contribution in [2.75, 3.05) is 0 Å². The van der Waals surface area contributed by atoms with Crippen LogP contribution in [0.15, 0.2) is 72.8 Å². The molecular weight excluding hydrogens is 272 g/mol. The Bertz CT molecular complexity index is 773. The van der Waals surface area contributed by atoms with Crippen LogP contribution in [0.2, 0.25) is 0 Å². The van der Waals surface area contributed by atoms with Gasteiger partial charge in [-0.05, 0) is 34.7 Å². The van der Waals surface area contributed by atoms with E-state index in [9.17, 15) is 9.90 Å². The van der Waals surface area contributed by atoms with Gasteiger partial charge in [0.25, 0.3) is 0 Å². The fourth-order valence-electron chi connectivity index (χ4n) is 2.92. The van der Waals surface area contributed by atoms with Crippen LogP contribution in [0.4, 0.5) is 0 Å². The highest BCUT2D eigenvalue weighted by Crippen LogP contribution is 2.29. The highest BCUT2D eigenvalue weighted by atomic mass is 16.4. The molecule has 110 valence electrons. The third kappa shape index (κ3) is 3.01. The van der Waals surface area contributed by atoms with E-state index >= 15 is 0 Å². The van der Waals surface area contributed by atoms with Gasteiger partial charge in [0.2, 0.25) is 0 Å². The SMILES string of the molecule is O=C(O)C(CCc1ccccc1)c1cccc2ccccc12. The lowest BCUT2D eigenvalue weighted by Crippen LogP contribution is -2.13. The number of rotatable bonds is 5. The van der Waals surface area contributed by atoms with Crippen molar-refractivity contribution in [3.63, 3.8) is 0 Å². The quantitative estimate of drug-likeness (QED) is 0.743. The van der Waals surface area contributed by atoms with Gasteiger partial charge in [-0.3, -0.25) is 4.79 Å². The second-order valence-electron chi connectivity index (χ2n) is 5.48. The van der Waals surface area contributed by atoms with Crippen LogP contribution in [-0.2, 0) is 11.2 Å². The van der Waals surface area contributed by atoms with Crippen LogP contribution in [0.1, 0.15) is 23.5 Å². The van der Waals surface area contributed by atoms with E-state index in [0.29, 0.717) is 6.42 Å². The Labute approximate surface area is 130 Å². The van der Waals surface area contributed by atoms with Crippen molar-refractivity contribution in [1.82, 2.24) is 0 Å². The van der Waals surface area contributed by atoms with Gasteiger partial charge in [-0.1, -0.05) is 72.8 Å². The van der Waals surface area contributed by atoms with Crippen molar-refractivity contribution >= 4 is 16.7 Å². The Kier molecular flexibility index (Phi) is 4.19. The molecule has 0 bridgehead atoms. The predicted molar refractivity (Wildman–Crippen MR) is 89.1 cm³/mol. The van der Waals surface area contributed by atoms with E-state index in [-0.39, 0.29) is 0 Å². The van der Waals surface area contributed by atoms with E-state index in [1.54, 1.807) is 0 Å². The predicted octanol–water partition coefficient (Wildman–Crippen LogP) is 4.64. The summed E-state index contributed by atoms with van der Waals surface area (Å²) in [6.45, 7) is 0. The number of benzene rings is 3. The fraction of sp³-hybridized carbons (Fsp3) is 0.150. The molecule has 1 unspecified atom stereocenters. The summed E-state index contributed by atoms with van der Waals surface area (Å²) in [5, 5.41) is 11.8. The molecule has 2 nitrogen and oxygen atoms in total. The summed E-state index contributed by atoms with van der Waals surface area (Å²) in [4.78, 5) is 11.8. The van der Waals surface area contributed by atoms with Gasteiger partial charge in [0.05, 0.1) is 5.92 Å². The molecule has 0 aliphatic carbocycles. The maximum absolute atomic E-state index is 11.8. The second kappa shape index (κ2) is 6.44. The lowest BCUT2D eigenvalue weighted by molar-refractivity contribution is -0.138. The highest BCUT2D eigenvalue weighted by molar-refractivity contribution is 5.90. The number of aliphatic carboxylic acids is 1. The average Bonchev–Trinajstić information content (AvgIpc) is 2.56. The number of hydrogen-bond acceptors (Lipinski definition) is 1. The van der Waals surface area contributed by atoms with Gasteiger partial charge >= 0.3 is 5.97 Å². The van der Waals surface area contributed by atoms with Crippen molar-refractivity contribution in [3.05, 3.63) is 83.9 Å². The number of carbonyl (C=O) groups is 1. The molecule has 0 amide bonds. The molecule has 1 atom stereocenters. The third-order valence-corrected chi connectivity index (χ3v) is 4.06. The zero-order chi connectivity index (χ0) is 15.4. The molecule has 3 aromatic carbocycles. The smallest absolute Gasteiger partial charge is 0.311 e. The molecule has 0 aliphatic rings. The molecule has 0 saturated heterocycles. The monoisotopic (exact) mass is 290 g/mol. The molecule has 0 fully saturated rings. The summed E-state index contributed by atoms with van der Waals surface area (Å²) in [6, 6.07) is 23.9. The van der Waals surface area contributed by atoms with E-state index in [1.807, 2.05) is 72.8 Å². The van der Waals surface area contributed by atoms with Gasteiger partial charge in [-0.15, -0.1) is 0 Å². The van der Waals surface area contributed by atoms with E-state index in [2.05, 4.69) is 0 Å². The average molecular weight is 290 g/mol. The first kappa shape index (κ1) is 14.3. The normalized spacial score (nSPS) is 12.2. The van der Waals surface area contributed by atoms with Crippen LogP contribution in [0.3, 0.4) is 0 Å². The van der Waals surface area contributed by atoms with Crippen molar-refractivity contribution in [1.29, 1.82) is 0 Å². The van der Waals surface area contributed by atoms with E-state index in [1.165, 1.54) is 5.56 Å². The first-order chi connectivity index (χ1) is 10.8. The summed E-state index contributed by atoms with van der Waals surface area (Å²) >= 11 is 0. The Morgan fingerprint density at radius 2 is 1.55 bits per heavy atom. The number of aryl methyl sites for hydroxylation is 1. The van der Waals surface area contributed by atoms with Gasteiger partial charge < -0.3 is 5.11 Å². The summed E-state index contributed by atoms with van der Waals surface area (Å²) in [6.07, 6.45) is 1.37. The molecule has 0 saturated carbocycles. The highest BCUT2D eigenvalue weighted by Gasteiger charge is 2.21. The Morgan fingerprint density at radius 1 is 0.864 bits per heavy atom. The molecule has 0 heterocycles. The number of carboxylic acids is 1. The molecule has 2 heteroatoms. The Balaban J connectivity index is 1.92. The minimum Gasteiger partial charge on any atom is -0.481 e. The zero-order valence-electron chi connectivity index (χ0n) is 12.3. The topological polar surface area (TPSA) is 37.3 Å². The van der Waals surface area contributed by atoms with E-state index in [4.69, 9.17) is 0 Å². The zero-order valence-corrected chi connectivity index (χ0v) is 12.3. The summed E-state index contributed by atoms with van der Waals surface area (Å²) in [7, 11) is 0. The van der Waals surface area contributed by atoms with Crippen molar-refractivity contribution in [2.45, 2.75) is 18.8 Å². The molecule has 22 heavy (non-hydrogen) atoms. The Hall–Kier alpha value is -2.61. The van der Waals surface area contributed by atoms with Gasteiger partial charge in [-0.25, -0.2) is 0 Å². The van der Waals surface area contributed by atoms with Gasteiger partial charge in [0.1, 0.15) is 0 Å². The standard InChI is InChI=1S/C20H18O2/c21-20(22)19(14-13-15-7-2-1-3-8-15)18-12-6-10-16-9-4-5-11-17(16)18/h1-12,19H,13-14H2,(H,21,22). The van der Waals surface area contributed by atoms with Gasteiger partial charge in [-0.2, -0.15) is 0 Å². The number of hydrogen-bond donors (Lipinski definition) is 1. The van der Waals surface area contributed by atoms with E-state index < -0.39 is 11.9 Å². The summed E-state index contributed by atoms with van der Waals surface area (Å²) in [5.41, 5.74) is 2.08. The first-order valence-corrected chi connectivity index (χ1v) is 7.50. The van der Waals surface area contributed by atoms with Crippen LogP contribution in [0.25, 0.3) is 10.8 Å². The van der Waals surface area contributed by atoms with Crippen molar-refractivity contribution in [2.24, 2.45) is 0 Å². The van der Waals surface area contributed by atoms with Crippen LogP contribution in [-0.4, -0.2) is 11.1 Å². The number of carboxylic acid groups (broad SMARTS) is 1.